The molecule has 0 bridgehead atoms. The third-order valence-corrected chi connectivity index (χ3v) is 5.61. The summed E-state index contributed by atoms with van der Waals surface area (Å²) in [6.07, 6.45) is 0. The molecule has 24 heavy (non-hydrogen) atoms. The standard InChI is InChI=1S/C18H20N2O3S/c1-13-6-2-3-7-14(13)12-24(22,23)20-11-15-10-19-18(21)17-9-5-4-8-16(15)17/h2-9,15,20H,10-12H2,1H3,(H,19,21). The maximum Gasteiger partial charge on any atom is 0.251 e. The van der Waals surface area contributed by atoms with Gasteiger partial charge in [0.1, 0.15) is 0 Å². The molecular formula is C18H20N2O3S. The van der Waals surface area contributed by atoms with Crippen LogP contribution in [0.15, 0.2) is 48.5 Å². The van der Waals surface area contributed by atoms with E-state index in [2.05, 4.69) is 10.0 Å². The topological polar surface area (TPSA) is 75.3 Å². The van der Waals surface area contributed by atoms with Crippen LogP contribution in [-0.4, -0.2) is 27.4 Å². The lowest BCUT2D eigenvalue weighted by Gasteiger charge is -2.25. The van der Waals surface area contributed by atoms with Crippen molar-refractivity contribution in [3.05, 3.63) is 70.8 Å². The molecule has 2 aromatic carbocycles. The van der Waals surface area contributed by atoms with Crippen molar-refractivity contribution in [3.63, 3.8) is 0 Å². The third kappa shape index (κ3) is 3.66. The van der Waals surface area contributed by atoms with Crippen molar-refractivity contribution < 1.29 is 13.2 Å². The fraction of sp³-hybridized carbons (Fsp3) is 0.278. The predicted molar refractivity (Wildman–Crippen MR) is 93.3 cm³/mol. The smallest absolute Gasteiger partial charge is 0.251 e. The van der Waals surface area contributed by atoms with Crippen LogP contribution in [0.3, 0.4) is 0 Å². The quantitative estimate of drug-likeness (QED) is 0.870. The van der Waals surface area contributed by atoms with E-state index < -0.39 is 10.0 Å². The van der Waals surface area contributed by atoms with Gasteiger partial charge in [0, 0.05) is 24.6 Å². The minimum Gasteiger partial charge on any atom is -0.351 e. The molecule has 1 aliphatic heterocycles. The summed E-state index contributed by atoms with van der Waals surface area (Å²) in [6, 6.07) is 14.8. The molecule has 1 unspecified atom stereocenters. The van der Waals surface area contributed by atoms with Gasteiger partial charge in [0.15, 0.2) is 0 Å². The lowest BCUT2D eigenvalue weighted by atomic mass is 9.91. The molecule has 3 rings (SSSR count). The molecular weight excluding hydrogens is 324 g/mol. The van der Waals surface area contributed by atoms with Gasteiger partial charge < -0.3 is 5.32 Å². The first-order valence-corrected chi connectivity index (χ1v) is 9.50. The highest BCUT2D eigenvalue weighted by Crippen LogP contribution is 2.23. The van der Waals surface area contributed by atoms with Crippen LogP contribution in [0.4, 0.5) is 0 Å². The van der Waals surface area contributed by atoms with Crippen molar-refractivity contribution in [3.8, 4) is 0 Å². The van der Waals surface area contributed by atoms with Gasteiger partial charge in [-0.1, -0.05) is 42.5 Å². The Bertz CT molecular complexity index is 862. The first kappa shape index (κ1) is 16.7. The SMILES string of the molecule is Cc1ccccc1CS(=O)(=O)NCC1CNC(=O)c2ccccc21. The summed E-state index contributed by atoms with van der Waals surface area (Å²) in [5.41, 5.74) is 3.26. The van der Waals surface area contributed by atoms with Crippen LogP contribution in [0.1, 0.15) is 33.0 Å². The maximum atomic E-state index is 12.4. The Labute approximate surface area is 142 Å². The molecule has 0 spiro atoms. The van der Waals surface area contributed by atoms with Gasteiger partial charge in [0.05, 0.1) is 5.75 Å². The monoisotopic (exact) mass is 344 g/mol. The molecule has 5 nitrogen and oxygen atoms in total. The lowest BCUT2D eigenvalue weighted by molar-refractivity contribution is 0.0940. The van der Waals surface area contributed by atoms with Gasteiger partial charge >= 0.3 is 0 Å². The Balaban J connectivity index is 1.71. The first-order chi connectivity index (χ1) is 11.5. The summed E-state index contributed by atoms with van der Waals surface area (Å²) in [6.45, 7) is 2.60. The Morgan fingerprint density at radius 3 is 2.62 bits per heavy atom. The second kappa shape index (κ2) is 6.75. The molecule has 2 aromatic rings. The molecule has 2 N–H and O–H groups in total. The van der Waals surface area contributed by atoms with Crippen LogP contribution in [0.25, 0.3) is 0 Å². The number of carbonyl (C=O) groups excluding carboxylic acids is 1. The molecule has 0 aromatic heterocycles. The summed E-state index contributed by atoms with van der Waals surface area (Å²) in [4.78, 5) is 11.9. The van der Waals surface area contributed by atoms with E-state index in [0.29, 0.717) is 12.1 Å². The van der Waals surface area contributed by atoms with Crippen molar-refractivity contribution in [2.45, 2.75) is 18.6 Å². The maximum absolute atomic E-state index is 12.4. The van der Waals surface area contributed by atoms with Crippen molar-refractivity contribution in [1.29, 1.82) is 0 Å². The van der Waals surface area contributed by atoms with E-state index in [1.165, 1.54) is 0 Å². The Morgan fingerprint density at radius 1 is 1.12 bits per heavy atom. The average Bonchev–Trinajstić information content (AvgIpc) is 2.57. The molecule has 0 aliphatic carbocycles. The van der Waals surface area contributed by atoms with Crippen LogP contribution in [0, 0.1) is 6.92 Å². The van der Waals surface area contributed by atoms with E-state index in [0.717, 1.165) is 16.7 Å². The van der Waals surface area contributed by atoms with E-state index >= 15 is 0 Å². The molecule has 1 heterocycles. The summed E-state index contributed by atoms with van der Waals surface area (Å²) < 4.78 is 27.4. The van der Waals surface area contributed by atoms with E-state index in [1.807, 2.05) is 49.4 Å². The van der Waals surface area contributed by atoms with E-state index in [9.17, 15) is 13.2 Å². The predicted octanol–water partition coefficient (Wildman–Crippen LogP) is 1.94. The highest BCUT2D eigenvalue weighted by atomic mass is 32.2. The number of nitrogens with one attached hydrogen (secondary N) is 2. The molecule has 0 saturated heterocycles. The second-order valence-corrected chi connectivity index (χ2v) is 7.84. The van der Waals surface area contributed by atoms with Gasteiger partial charge in [-0.25, -0.2) is 13.1 Å². The van der Waals surface area contributed by atoms with E-state index in [4.69, 9.17) is 0 Å². The summed E-state index contributed by atoms with van der Waals surface area (Å²) in [5, 5.41) is 2.81. The normalized spacial score (nSPS) is 17.2. The number of fused-ring (bicyclic) bond motifs is 1. The van der Waals surface area contributed by atoms with Crippen LogP contribution < -0.4 is 10.0 Å². The zero-order chi connectivity index (χ0) is 17.2. The van der Waals surface area contributed by atoms with Crippen LogP contribution in [0.5, 0.6) is 0 Å². The third-order valence-electron chi connectivity index (χ3n) is 4.31. The molecule has 0 saturated carbocycles. The molecule has 0 radical (unpaired) electrons. The second-order valence-electron chi connectivity index (χ2n) is 6.03. The molecule has 1 atom stereocenters. The average molecular weight is 344 g/mol. The highest BCUT2D eigenvalue weighted by molar-refractivity contribution is 7.88. The fourth-order valence-corrected chi connectivity index (χ4v) is 4.21. The minimum absolute atomic E-state index is 0.0413. The van der Waals surface area contributed by atoms with E-state index in [-0.39, 0.29) is 24.1 Å². The van der Waals surface area contributed by atoms with Gasteiger partial charge in [-0.15, -0.1) is 0 Å². The molecule has 1 aliphatic rings. The van der Waals surface area contributed by atoms with Gasteiger partial charge in [-0.2, -0.15) is 0 Å². The number of hydrogen-bond donors (Lipinski definition) is 2. The number of benzene rings is 2. The number of sulfonamides is 1. The summed E-state index contributed by atoms with van der Waals surface area (Å²) >= 11 is 0. The Hall–Kier alpha value is -2.18. The minimum atomic E-state index is -3.44. The first-order valence-electron chi connectivity index (χ1n) is 7.85. The van der Waals surface area contributed by atoms with Gasteiger partial charge in [-0.05, 0) is 29.7 Å². The van der Waals surface area contributed by atoms with Gasteiger partial charge in [-0.3, -0.25) is 4.79 Å². The summed E-state index contributed by atoms with van der Waals surface area (Å²) in [5.74, 6) is -0.212. The number of hydrogen-bond acceptors (Lipinski definition) is 3. The van der Waals surface area contributed by atoms with Crippen LogP contribution in [-0.2, 0) is 15.8 Å². The Morgan fingerprint density at radius 2 is 1.83 bits per heavy atom. The van der Waals surface area contributed by atoms with Crippen molar-refractivity contribution in [2.24, 2.45) is 0 Å². The van der Waals surface area contributed by atoms with Crippen molar-refractivity contribution in [1.82, 2.24) is 10.0 Å². The van der Waals surface area contributed by atoms with E-state index in [1.54, 1.807) is 6.07 Å². The molecule has 6 heteroatoms. The number of carbonyl (C=O) groups is 1. The number of aryl methyl sites for hydroxylation is 1. The number of rotatable bonds is 5. The van der Waals surface area contributed by atoms with Gasteiger partial charge in [0.2, 0.25) is 10.0 Å². The van der Waals surface area contributed by atoms with Crippen LogP contribution >= 0.6 is 0 Å². The highest BCUT2D eigenvalue weighted by Gasteiger charge is 2.26. The molecule has 1 amide bonds. The fourth-order valence-electron chi connectivity index (χ4n) is 2.92. The molecule has 126 valence electrons. The zero-order valence-corrected chi connectivity index (χ0v) is 14.3. The molecule has 0 fully saturated rings. The van der Waals surface area contributed by atoms with Crippen molar-refractivity contribution in [2.75, 3.05) is 13.1 Å². The largest absolute Gasteiger partial charge is 0.351 e. The van der Waals surface area contributed by atoms with Gasteiger partial charge in [0.25, 0.3) is 5.91 Å². The van der Waals surface area contributed by atoms with Crippen molar-refractivity contribution >= 4 is 15.9 Å². The zero-order valence-electron chi connectivity index (χ0n) is 13.5. The van der Waals surface area contributed by atoms with Crippen LogP contribution in [0.2, 0.25) is 0 Å². The Kier molecular flexibility index (Phi) is 4.69. The summed E-state index contributed by atoms with van der Waals surface area (Å²) in [7, 11) is -3.44. The lowest BCUT2D eigenvalue weighted by Crippen LogP contribution is -2.40. The number of amides is 1.